The molecule has 0 aliphatic rings. The van der Waals surface area contributed by atoms with Gasteiger partial charge in [-0.05, 0) is 36.1 Å². The first-order chi connectivity index (χ1) is 10.7. The first kappa shape index (κ1) is 19.5. The van der Waals surface area contributed by atoms with Gasteiger partial charge in [0.05, 0.1) is 12.8 Å². The van der Waals surface area contributed by atoms with E-state index in [1.165, 1.54) is 17.4 Å². The van der Waals surface area contributed by atoms with E-state index in [1.54, 1.807) is 12.1 Å². The van der Waals surface area contributed by atoms with Crippen LogP contribution in [-0.2, 0) is 12.8 Å². The molecule has 0 aliphatic carbocycles. The Morgan fingerprint density at radius 1 is 1.22 bits per heavy atom. The van der Waals surface area contributed by atoms with Crippen molar-refractivity contribution >= 4 is 35.6 Å². The van der Waals surface area contributed by atoms with Gasteiger partial charge in [0, 0.05) is 5.69 Å². The highest BCUT2D eigenvalue weighted by atomic mass is 127. The third kappa shape index (κ3) is 5.24. The Hall–Kier alpha value is -1.54. The topological polar surface area (TPSA) is 83.8 Å². The van der Waals surface area contributed by atoms with Crippen molar-refractivity contribution in [3.63, 3.8) is 0 Å². The van der Waals surface area contributed by atoms with E-state index in [2.05, 4.69) is 42.4 Å². The zero-order chi connectivity index (χ0) is 15.9. The number of guanidine groups is 1. The van der Waals surface area contributed by atoms with Crippen molar-refractivity contribution < 1.29 is 9.52 Å². The summed E-state index contributed by atoms with van der Waals surface area (Å²) >= 11 is 0. The van der Waals surface area contributed by atoms with Crippen LogP contribution >= 0.6 is 24.0 Å². The fourth-order valence-corrected chi connectivity index (χ4v) is 2.33. The third-order valence-corrected chi connectivity index (χ3v) is 3.56. The molecule has 2 rings (SSSR count). The van der Waals surface area contributed by atoms with Gasteiger partial charge in [0.15, 0.2) is 5.96 Å². The van der Waals surface area contributed by atoms with E-state index in [-0.39, 0.29) is 30.5 Å². The molecule has 0 spiro atoms. The zero-order valence-electron chi connectivity index (χ0n) is 13.5. The molecule has 0 amide bonds. The van der Waals surface area contributed by atoms with Crippen molar-refractivity contribution in [2.45, 2.75) is 32.8 Å². The Bertz CT molecular complexity index is 605. The number of nitrogens with zero attached hydrogens (tertiary/aromatic N) is 1. The van der Waals surface area contributed by atoms with Crippen molar-refractivity contribution in [2.24, 2.45) is 10.7 Å². The van der Waals surface area contributed by atoms with Crippen LogP contribution in [0.2, 0.25) is 0 Å². The maximum atomic E-state index is 9.94. The second-order valence-electron chi connectivity index (χ2n) is 5.04. The van der Waals surface area contributed by atoms with E-state index in [9.17, 15) is 5.11 Å². The first-order valence-electron chi connectivity index (χ1n) is 7.54. The summed E-state index contributed by atoms with van der Waals surface area (Å²) in [5, 5.41) is 13.1. The first-order valence-corrected chi connectivity index (χ1v) is 7.54. The number of para-hydroxylation sites is 1. The van der Waals surface area contributed by atoms with Crippen LogP contribution in [0.3, 0.4) is 0 Å². The summed E-state index contributed by atoms with van der Waals surface area (Å²) in [4.78, 5) is 4.20. The maximum absolute atomic E-state index is 9.94. The van der Waals surface area contributed by atoms with E-state index in [0.717, 1.165) is 18.5 Å². The molecule has 4 N–H and O–H groups in total. The average molecular weight is 429 g/mol. The minimum atomic E-state index is -0.789. The number of hydrogen-bond acceptors (Lipinski definition) is 3. The van der Waals surface area contributed by atoms with Gasteiger partial charge in [-0.25, -0.2) is 4.99 Å². The molecule has 0 radical (unpaired) electrons. The molecule has 1 aromatic carbocycles. The second kappa shape index (κ2) is 9.57. The number of aliphatic hydroxyl groups is 1. The lowest BCUT2D eigenvalue weighted by molar-refractivity contribution is 0.158. The molecular formula is C17H24IN3O2. The molecule has 0 fully saturated rings. The molecule has 0 saturated carbocycles. The van der Waals surface area contributed by atoms with Crippen LogP contribution in [0.1, 0.15) is 36.8 Å². The van der Waals surface area contributed by atoms with Crippen LogP contribution in [0.15, 0.2) is 46.0 Å². The van der Waals surface area contributed by atoms with Crippen LogP contribution in [0, 0.1) is 0 Å². The van der Waals surface area contributed by atoms with Crippen LogP contribution in [0.5, 0.6) is 0 Å². The lowest BCUT2D eigenvalue weighted by Gasteiger charge is -2.15. The summed E-state index contributed by atoms with van der Waals surface area (Å²) in [6.07, 6.45) is 2.56. The van der Waals surface area contributed by atoms with Gasteiger partial charge in [-0.1, -0.05) is 32.0 Å². The van der Waals surface area contributed by atoms with Crippen LogP contribution < -0.4 is 11.1 Å². The second-order valence-corrected chi connectivity index (χ2v) is 5.04. The summed E-state index contributed by atoms with van der Waals surface area (Å²) in [5.74, 6) is 0.779. The summed E-state index contributed by atoms with van der Waals surface area (Å²) < 4.78 is 5.14. The lowest BCUT2D eigenvalue weighted by Crippen LogP contribution is -2.25. The number of aliphatic imine (C=N–C) groups is 1. The number of halogens is 1. The fourth-order valence-electron chi connectivity index (χ4n) is 2.33. The molecule has 5 nitrogen and oxygen atoms in total. The van der Waals surface area contributed by atoms with Gasteiger partial charge in [-0.3, -0.25) is 0 Å². The minimum Gasteiger partial charge on any atom is -0.467 e. The Morgan fingerprint density at radius 2 is 1.87 bits per heavy atom. The monoisotopic (exact) mass is 429 g/mol. The molecule has 23 heavy (non-hydrogen) atoms. The molecule has 0 saturated heterocycles. The molecule has 1 aromatic heterocycles. The predicted molar refractivity (Wildman–Crippen MR) is 104 cm³/mol. The summed E-state index contributed by atoms with van der Waals surface area (Å²) in [5.41, 5.74) is 9.36. The lowest BCUT2D eigenvalue weighted by atomic mass is 10.0. The van der Waals surface area contributed by atoms with Crippen LogP contribution in [0.25, 0.3) is 0 Å². The highest BCUT2D eigenvalue weighted by Crippen LogP contribution is 2.22. The van der Waals surface area contributed by atoms with Gasteiger partial charge in [0.25, 0.3) is 0 Å². The predicted octanol–water partition coefficient (Wildman–Crippen LogP) is 3.48. The van der Waals surface area contributed by atoms with Gasteiger partial charge in [0.2, 0.25) is 0 Å². The van der Waals surface area contributed by atoms with Crippen molar-refractivity contribution in [3.8, 4) is 0 Å². The normalized spacial score (nSPS) is 12.6. The third-order valence-electron chi connectivity index (χ3n) is 3.56. The van der Waals surface area contributed by atoms with E-state index in [0.29, 0.717) is 11.7 Å². The zero-order valence-corrected chi connectivity index (χ0v) is 15.8. The van der Waals surface area contributed by atoms with Gasteiger partial charge in [-0.15, -0.1) is 24.0 Å². The summed E-state index contributed by atoms with van der Waals surface area (Å²) in [6, 6.07) is 9.65. The number of nitrogens with one attached hydrogen (secondary N) is 1. The Balaban J connectivity index is 0.00000264. The number of aryl methyl sites for hydroxylation is 2. The number of anilines is 1. The van der Waals surface area contributed by atoms with E-state index >= 15 is 0 Å². The van der Waals surface area contributed by atoms with Gasteiger partial charge in [0.1, 0.15) is 11.9 Å². The number of furan rings is 1. The SMILES string of the molecule is CCc1cccc(CC)c1NC(N)=NCC(O)c1ccco1.I. The van der Waals surface area contributed by atoms with Crippen molar-refractivity contribution in [1.82, 2.24) is 0 Å². The quantitative estimate of drug-likeness (QED) is 0.373. The van der Waals surface area contributed by atoms with Gasteiger partial charge < -0.3 is 20.6 Å². The average Bonchev–Trinajstić information content (AvgIpc) is 3.07. The fraction of sp³-hybridized carbons (Fsp3) is 0.353. The highest BCUT2D eigenvalue weighted by Gasteiger charge is 2.11. The van der Waals surface area contributed by atoms with Crippen LogP contribution in [0.4, 0.5) is 5.69 Å². The number of benzene rings is 1. The molecule has 0 bridgehead atoms. The molecule has 0 aliphatic heterocycles. The molecule has 1 unspecified atom stereocenters. The van der Waals surface area contributed by atoms with Gasteiger partial charge >= 0.3 is 0 Å². The number of rotatable bonds is 6. The number of aliphatic hydroxyl groups excluding tert-OH is 1. The Morgan fingerprint density at radius 3 is 2.39 bits per heavy atom. The molecular weight excluding hydrogens is 405 g/mol. The maximum Gasteiger partial charge on any atom is 0.193 e. The Labute approximate surface area is 154 Å². The van der Waals surface area contributed by atoms with E-state index in [4.69, 9.17) is 10.2 Å². The molecule has 6 heteroatoms. The molecule has 2 aromatic rings. The van der Waals surface area contributed by atoms with Crippen molar-refractivity contribution in [3.05, 3.63) is 53.5 Å². The minimum absolute atomic E-state index is 0. The number of nitrogens with two attached hydrogens (primary N) is 1. The molecule has 126 valence electrons. The smallest absolute Gasteiger partial charge is 0.193 e. The standard InChI is InChI=1S/C17H23N3O2.HI/c1-3-12-7-5-8-13(4-2)16(12)20-17(18)19-11-14(21)15-9-6-10-22-15;/h5-10,14,21H,3-4,11H2,1-2H3,(H3,18,19,20);1H. The van der Waals surface area contributed by atoms with Crippen molar-refractivity contribution in [2.75, 3.05) is 11.9 Å². The molecule has 1 heterocycles. The van der Waals surface area contributed by atoms with Crippen LogP contribution in [-0.4, -0.2) is 17.6 Å². The van der Waals surface area contributed by atoms with Gasteiger partial charge in [-0.2, -0.15) is 0 Å². The molecule has 1 atom stereocenters. The van der Waals surface area contributed by atoms with E-state index < -0.39 is 6.10 Å². The largest absolute Gasteiger partial charge is 0.467 e. The summed E-state index contributed by atoms with van der Waals surface area (Å²) in [7, 11) is 0. The Kier molecular flexibility index (Phi) is 8.11. The number of hydrogen-bond donors (Lipinski definition) is 3. The van der Waals surface area contributed by atoms with Crippen molar-refractivity contribution in [1.29, 1.82) is 0 Å². The van der Waals surface area contributed by atoms with E-state index in [1.807, 2.05) is 0 Å². The highest BCUT2D eigenvalue weighted by molar-refractivity contribution is 14.0. The summed E-state index contributed by atoms with van der Waals surface area (Å²) in [6.45, 7) is 4.37.